The van der Waals surface area contributed by atoms with Crippen LogP contribution in [0, 0.1) is 0 Å². The minimum absolute atomic E-state index is 0.497. The first-order valence-corrected chi connectivity index (χ1v) is 7.11. The molecule has 4 nitrogen and oxygen atoms in total. The summed E-state index contributed by atoms with van der Waals surface area (Å²) < 4.78 is 5.22. The van der Waals surface area contributed by atoms with Crippen LogP contribution in [0.5, 0.6) is 0 Å². The predicted octanol–water partition coefficient (Wildman–Crippen LogP) is 2.18. The first kappa shape index (κ1) is 16.1. The molecular weight excluding hydrogens is 238 g/mol. The number of pyridine rings is 1. The molecule has 0 aliphatic rings. The first-order valence-electron chi connectivity index (χ1n) is 7.11. The van der Waals surface area contributed by atoms with Gasteiger partial charge in [-0.05, 0) is 30.5 Å². The van der Waals surface area contributed by atoms with Gasteiger partial charge < -0.3 is 10.5 Å². The molecule has 0 aromatic carbocycles. The number of nitrogens with zero attached hydrogens (tertiary/aromatic N) is 2. The van der Waals surface area contributed by atoms with Gasteiger partial charge in [0.05, 0.1) is 12.3 Å². The van der Waals surface area contributed by atoms with Gasteiger partial charge in [0.25, 0.3) is 0 Å². The number of hydrogen-bond donors (Lipinski definition) is 1. The molecule has 1 heterocycles. The second kappa shape index (κ2) is 9.02. The van der Waals surface area contributed by atoms with Crippen molar-refractivity contribution in [2.24, 2.45) is 5.73 Å². The lowest BCUT2D eigenvalue weighted by Gasteiger charge is -2.30. The highest BCUT2D eigenvalue weighted by Crippen LogP contribution is 2.13. The van der Waals surface area contributed by atoms with E-state index >= 15 is 0 Å². The van der Waals surface area contributed by atoms with Crippen molar-refractivity contribution in [1.29, 1.82) is 0 Å². The molecule has 0 atom stereocenters. The Kier molecular flexibility index (Phi) is 7.63. The molecule has 0 saturated carbocycles. The Morgan fingerprint density at radius 1 is 1.37 bits per heavy atom. The third kappa shape index (κ3) is 5.27. The second-order valence-corrected chi connectivity index (χ2v) is 4.79. The number of hydrogen-bond acceptors (Lipinski definition) is 4. The van der Waals surface area contributed by atoms with Crippen molar-refractivity contribution >= 4 is 0 Å². The Hall–Kier alpha value is -0.970. The highest BCUT2D eigenvalue weighted by Gasteiger charge is 2.15. The minimum Gasteiger partial charge on any atom is -0.383 e. The molecule has 108 valence electrons. The molecule has 0 fully saturated rings. The maximum absolute atomic E-state index is 5.65. The molecular formula is C15H27N3O. The summed E-state index contributed by atoms with van der Waals surface area (Å²) in [5.41, 5.74) is 7.87. The van der Waals surface area contributed by atoms with Crippen molar-refractivity contribution in [3.63, 3.8) is 0 Å². The Bertz CT molecular complexity index is 353. The van der Waals surface area contributed by atoms with Gasteiger partial charge in [0, 0.05) is 39.0 Å². The molecule has 2 N–H and O–H groups in total. The van der Waals surface area contributed by atoms with Crippen LogP contribution in [0.4, 0.5) is 0 Å². The fraction of sp³-hybridized carbons (Fsp3) is 0.667. The van der Waals surface area contributed by atoms with Crippen LogP contribution in [0.1, 0.15) is 37.9 Å². The van der Waals surface area contributed by atoms with Gasteiger partial charge in [0.15, 0.2) is 0 Å². The first-order chi connectivity index (χ1) is 9.24. The normalized spacial score (nSPS) is 11.5. The van der Waals surface area contributed by atoms with E-state index in [0.29, 0.717) is 12.6 Å². The van der Waals surface area contributed by atoms with E-state index in [1.54, 1.807) is 7.11 Å². The average Bonchev–Trinajstić information content (AvgIpc) is 2.46. The summed E-state index contributed by atoms with van der Waals surface area (Å²) in [6, 6.07) is 4.77. The molecule has 19 heavy (non-hydrogen) atoms. The van der Waals surface area contributed by atoms with Crippen LogP contribution in [0.15, 0.2) is 18.3 Å². The lowest BCUT2D eigenvalue weighted by atomic mass is 10.1. The van der Waals surface area contributed by atoms with Gasteiger partial charge in [0.2, 0.25) is 0 Å². The zero-order valence-corrected chi connectivity index (χ0v) is 12.4. The summed E-state index contributed by atoms with van der Waals surface area (Å²) in [6.07, 6.45) is 4.17. The Morgan fingerprint density at radius 3 is 2.68 bits per heavy atom. The second-order valence-electron chi connectivity index (χ2n) is 4.79. The standard InChI is InChI=1S/C15H27N3O/c1-4-15(5-2)18(8-9-19-3)12-13-6-7-17-14(10-13)11-16/h6-7,10,15H,4-5,8-9,11-12,16H2,1-3H3. The van der Waals surface area contributed by atoms with Gasteiger partial charge in [0.1, 0.15) is 0 Å². The van der Waals surface area contributed by atoms with Crippen LogP contribution in [0.2, 0.25) is 0 Å². The zero-order valence-electron chi connectivity index (χ0n) is 12.4. The van der Waals surface area contributed by atoms with Crippen LogP contribution < -0.4 is 5.73 Å². The topological polar surface area (TPSA) is 51.4 Å². The SMILES string of the molecule is CCC(CC)N(CCOC)Cc1ccnc(CN)c1. The molecule has 4 heteroatoms. The summed E-state index contributed by atoms with van der Waals surface area (Å²) >= 11 is 0. The van der Waals surface area contributed by atoms with Crippen LogP contribution in [-0.4, -0.2) is 36.2 Å². The lowest BCUT2D eigenvalue weighted by molar-refractivity contribution is 0.110. The van der Waals surface area contributed by atoms with Crippen molar-refractivity contribution in [1.82, 2.24) is 9.88 Å². The quantitative estimate of drug-likeness (QED) is 0.743. The maximum atomic E-state index is 5.65. The molecule has 0 amide bonds. The van der Waals surface area contributed by atoms with Gasteiger partial charge >= 0.3 is 0 Å². The molecule has 0 radical (unpaired) electrons. The number of methoxy groups -OCH3 is 1. The fourth-order valence-corrected chi connectivity index (χ4v) is 2.38. The number of nitrogens with two attached hydrogens (primary N) is 1. The molecule has 0 unspecified atom stereocenters. The van der Waals surface area contributed by atoms with E-state index in [9.17, 15) is 0 Å². The highest BCUT2D eigenvalue weighted by atomic mass is 16.5. The third-order valence-electron chi connectivity index (χ3n) is 3.52. The van der Waals surface area contributed by atoms with Crippen molar-refractivity contribution in [3.8, 4) is 0 Å². The molecule has 0 aliphatic carbocycles. The van der Waals surface area contributed by atoms with Gasteiger partial charge in [-0.15, -0.1) is 0 Å². The summed E-state index contributed by atoms with van der Waals surface area (Å²) in [6.45, 7) is 7.65. The van der Waals surface area contributed by atoms with Crippen LogP contribution in [0.25, 0.3) is 0 Å². The van der Waals surface area contributed by atoms with Gasteiger partial charge in [-0.2, -0.15) is 0 Å². The Balaban J connectivity index is 2.74. The fourth-order valence-electron chi connectivity index (χ4n) is 2.38. The third-order valence-corrected chi connectivity index (χ3v) is 3.52. The van der Waals surface area contributed by atoms with E-state index in [1.807, 2.05) is 6.20 Å². The van der Waals surface area contributed by atoms with Gasteiger partial charge in [-0.1, -0.05) is 13.8 Å². The smallest absolute Gasteiger partial charge is 0.0589 e. The van der Waals surface area contributed by atoms with Crippen LogP contribution in [-0.2, 0) is 17.8 Å². The van der Waals surface area contributed by atoms with Gasteiger partial charge in [-0.25, -0.2) is 0 Å². The van der Waals surface area contributed by atoms with E-state index in [4.69, 9.17) is 10.5 Å². The maximum Gasteiger partial charge on any atom is 0.0589 e. The predicted molar refractivity (Wildman–Crippen MR) is 78.8 cm³/mol. The molecule has 1 aromatic heterocycles. The number of ether oxygens (including phenoxy) is 1. The summed E-state index contributed by atoms with van der Waals surface area (Å²) in [4.78, 5) is 6.73. The number of aromatic nitrogens is 1. The molecule has 1 aromatic rings. The van der Waals surface area contributed by atoms with E-state index in [0.717, 1.165) is 38.2 Å². The average molecular weight is 265 g/mol. The largest absolute Gasteiger partial charge is 0.383 e. The summed E-state index contributed by atoms with van der Waals surface area (Å²) in [5, 5.41) is 0. The highest BCUT2D eigenvalue weighted by molar-refractivity contribution is 5.16. The Labute approximate surface area is 117 Å². The van der Waals surface area contributed by atoms with Gasteiger partial charge in [-0.3, -0.25) is 9.88 Å². The lowest BCUT2D eigenvalue weighted by Crippen LogP contribution is -2.36. The minimum atomic E-state index is 0.497. The summed E-state index contributed by atoms with van der Waals surface area (Å²) in [7, 11) is 1.75. The number of rotatable bonds is 9. The van der Waals surface area contributed by atoms with E-state index < -0.39 is 0 Å². The molecule has 0 saturated heterocycles. The van der Waals surface area contributed by atoms with E-state index in [1.165, 1.54) is 5.56 Å². The van der Waals surface area contributed by atoms with Crippen molar-refractivity contribution in [2.45, 2.75) is 45.8 Å². The van der Waals surface area contributed by atoms with E-state index in [-0.39, 0.29) is 0 Å². The molecule has 1 rings (SSSR count). The van der Waals surface area contributed by atoms with Crippen LogP contribution in [0.3, 0.4) is 0 Å². The monoisotopic (exact) mass is 265 g/mol. The summed E-state index contributed by atoms with van der Waals surface area (Å²) in [5.74, 6) is 0. The van der Waals surface area contributed by atoms with Crippen molar-refractivity contribution < 1.29 is 4.74 Å². The molecule has 0 aliphatic heterocycles. The molecule has 0 bridgehead atoms. The zero-order chi connectivity index (χ0) is 14.1. The van der Waals surface area contributed by atoms with Crippen LogP contribution >= 0.6 is 0 Å². The van der Waals surface area contributed by atoms with E-state index in [2.05, 4.69) is 35.9 Å². The van der Waals surface area contributed by atoms with Crippen molar-refractivity contribution in [2.75, 3.05) is 20.3 Å². The molecule has 0 spiro atoms. The Morgan fingerprint density at radius 2 is 2.11 bits per heavy atom. The van der Waals surface area contributed by atoms with Crippen molar-refractivity contribution in [3.05, 3.63) is 29.6 Å².